The van der Waals surface area contributed by atoms with Crippen molar-refractivity contribution in [2.45, 2.75) is 420 Å². The fourth-order valence-electron chi connectivity index (χ4n) is 11.9. The Hall–Kier alpha value is -1.94. The topological polar surface area (TPSA) is 237 Å². The number of esters is 4. The van der Waals surface area contributed by atoms with Crippen LogP contribution in [0.4, 0.5) is 0 Å². The Morgan fingerprint density at radius 1 is 0.299 bits per heavy atom. The Morgan fingerprint density at radius 3 is 0.784 bits per heavy atom. The van der Waals surface area contributed by atoms with Crippen LogP contribution >= 0.6 is 15.6 Å². The van der Waals surface area contributed by atoms with Gasteiger partial charge >= 0.3 is 39.5 Å². The van der Waals surface area contributed by atoms with Gasteiger partial charge < -0.3 is 33.8 Å². The van der Waals surface area contributed by atoms with Gasteiger partial charge in [0.1, 0.15) is 19.3 Å². The van der Waals surface area contributed by atoms with E-state index in [1.54, 1.807) is 0 Å². The molecule has 0 fully saturated rings. The summed E-state index contributed by atoms with van der Waals surface area (Å²) in [5.74, 6) is 0.210. The van der Waals surface area contributed by atoms with Gasteiger partial charge in [0.25, 0.3) is 0 Å². The minimum Gasteiger partial charge on any atom is -0.462 e. The SMILES string of the molecule is CCCCCCCCCCCCCCCCCC(=O)OC[C@H](COP(=O)(O)OC[C@@H](O)COP(=O)(O)OC[C@@H](COC(=O)CCCCCCCCCCC(C)C)OC(=O)CCCCCCCCCCCCC(C)C)OC(=O)CCCCCCCCCCCCCCCCC(C)CC. The molecule has 0 aliphatic rings. The summed E-state index contributed by atoms with van der Waals surface area (Å²) < 4.78 is 68.6. The van der Waals surface area contributed by atoms with Gasteiger partial charge in [-0.3, -0.25) is 37.3 Å². The lowest BCUT2D eigenvalue weighted by Crippen LogP contribution is -2.30. The van der Waals surface area contributed by atoms with Crippen molar-refractivity contribution in [2.24, 2.45) is 17.8 Å². The van der Waals surface area contributed by atoms with Crippen molar-refractivity contribution >= 4 is 39.5 Å². The zero-order chi connectivity index (χ0) is 71.6. The first-order chi connectivity index (χ1) is 46.8. The number of phosphoric acid groups is 2. The van der Waals surface area contributed by atoms with Crippen LogP contribution < -0.4 is 0 Å². The summed E-state index contributed by atoms with van der Waals surface area (Å²) in [5, 5.41) is 10.6. The summed E-state index contributed by atoms with van der Waals surface area (Å²) in [6.45, 7) is 11.9. The van der Waals surface area contributed by atoms with E-state index >= 15 is 0 Å². The van der Waals surface area contributed by atoms with Gasteiger partial charge in [-0.1, -0.05) is 350 Å². The second-order valence-electron chi connectivity index (χ2n) is 29.3. The Morgan fingerprint density at radius 2 is 0.526 bits per heavy atom. The predicted molar refractivity (Wildman–Crippen MR) is 395 cm³/mol. The van der Waals surface area contributed by atoms with Crippen molar-refractivity contribution < 1.29 is 80.2 Å². The third-order valence-corrected chi connectivity index (χ3v) is 20.4. The molecule has 0 bridgehead atoms. The van der Waals surface area contributed by atoms with Crippen LogP contribution in [0.3, 0.4) is 0 Å². The van der Waals surface area contributed by atoms with Gasteiger partial charge in [-0.15, -0.1) is 0 Å². The molecule has 6 atom stereocenters. The van der Waals surface area contributed by atoms with E-state index in [2.05, 4.69) is 48.5 Å². The molecule has 0 aliphatic heterocycles. The maximum atomic E-state index is 13.1. The number of hydrogen-bond donors (Lipinski definition) is 3. The molecule has 0 aliphatic carbocycles. The first-order valence-electron chi connectivity index (χ1n) is 40.4. The van der Waals surface area contributed by atoms with Crippen LogP contribution in [0, 0.1) is 17.8 Å². The molecule has 576 valence electrons. The first-order valence-corrected chi connectivity index (χ1v) is 43.4. The highest BCUT2D eigenvalue weighted by atomic mass is 31.2. The Labute approximate surface area is 594 Å². The third kappa shape index (κ3) is 70.9. The van der Waals surface area contributed by atoms with Gasteiger partial charge in [-0.25, -0.2) is 9.13 Å². The summed E-state index contributed by atoms with van der Waals surface area (Å²) in [6.07, 6.45) is 55.4. The van der Waals surface area contributed by atoms with Gasteiger partial charge in [0.15, 0.2) is 12.2 Å². The van der Waals surface area contributed by atoms with Crippen LogP contribution in [0.15, 0.2) is 0 Å². The second-order valence-corrected chi connectivity index (χ2v) is 32.2. The Balaban J connectivity index is 5.26. The minimum atomic E-state index is -4.96. The molecule has 0 saturated heterocycles. The van der Waals surface area contributed by atoms with Crippen molar-refractivity contribution in [3.05, 3.63) is 0 Å². The molecule has 0 rings (SSSR count). The molecule has 0 aromatic rings. The number of carbonyl (C=O) groups excluding carboxylic acids is 4. The smallest absolute Gasteiger partial charge is 0.462 e. The molecule has 3 unspecified atom stereocenters. The molecule has 0 heterocycles. The van der Waals surface area contributed by atoms with E-state index in [1.165, 1.54) is 212 Å². The Kier molecular flexibility index (Phi) is 67.1. The molecule has 0 saturated carbocycles. The quantitative estimate of drug-likeness (QED) is 0.0222. The number of hydrogen-bond acceptors (Lipinski definition) is 15. The summed E-state index contributed by atoms with van der Waals surface area (Å²) >= 11 is 0. The number of ether oxygens (including phenoxy) is 4. The molecule has 17 nitrogen and oxygen atoms in total. The van der Waals surface area contributed by atoms with Gasteiger partial charge in [-0.2, -0.15) is 0 Å². The van der Waals surface area contributed by atoms with E-state index in [0.717, 1.165) is 108 Å². The molecular formula is C78H152O17P2. The summed E-state index contributed by atoms with van der Waals surface area (Å²) in [4.78, 5) is 72.9. The number of rotatable bonds is 76. The maximum absolute atomic E-state index is 13.1. The van der Waals surface area contributed by atoms with E-state index in [9.17, 15) is 43.2 Å². The highest BCUT2D eigenvalue weighted by Crippen LogP contribution is 2.45. The number of carbonyl (C=O) groups is 4. The number of aliphatic hydroxyl groups excluding tert-OH is 1. The van der Waals surface area contributed by atoms with E-state index < -0.39 is 97.5 Å². The maximum Gasteiger partial charge on any atom is 0.472 e. The molecule has 0 aromatic carbocycles. The van der Waals surface area contributed by atoms with Gasteiger partial charge in [0.2, 0.25) is 0 Å². The van der Waals surface area contributed by atoms with E-state index in [-0.39, 0.29) is 25.7 Å². The predicted octanol–water partition coefficient (Wildman–Crippen LogP) is 23.0. The lowest BCUT2D eigenvalue weighted by atomic mass is 9.99. The summed E-state index contributed by atoms with van der Waals surface area (Å²) in [6, 6.07) is 0. The van der Waals surface area contributed by atoms with Crippen molar-refractivity contribution in [3.8, 4) is 0 Å². The van der Waals surface area contributed by atoms with E-state index in [1.807, 2.05) is 0 Å². The van der Waals surface area contributed by atoms with E-state index in [0.29, 0.717) is 25.7 Å². The van der Waals surface area contributed by atoms with Crippen molar-refractivity contribution in [3.63, 3.8) is 0 Å². The van der Waals surface area contributed by atoms with E-state index in [4.69, 9.17) is 37.0 Å². The molecule has 0 radical (unpaired) electrons. The largest absolute Gasteiger partial charge is 0.472 e. The van der Waals surface area contributed by atoms with Crippen LogP contribution in [0.5, 0.6) is 0 Å². The molecule has 97 heavy (non-hydrogen) atoms. The summed E-state index contributed by atoms with van der Waals surface area (Å²) in [7, 11) is -9.92. The number of aliphatic hydroxyl groups is 1. The van der Waals surface area contributed by atoms with Crippen LogP contribution in [0.2, 0.25) is 0 Å². The average Bonchev–Trinajstić information content (AvgIpc) is 1.49. The highest BCUT2D eigenvalue weighted by molar-refractivity contribution is 7.47. The van der Waals surface area contributed by atoms with Gasteiger partial charge in [0, 0.05) is 25.7 Å². The molecule has 0 spiro atoms. The number of unbranched alkanes of at least 4 members (excludes halogenated alkanes) is 43. The third-order valence-electron chi connectivity index (χ3n) is 18.5. The first kappa shape index (κ1) is 95.1. The lowest BCUT2D eigenvalue weighted by molar-refractivity contribution is -0.161. The van der Waals surface area contributed by atoms with Crippen LogP contribution in [-0.4, -0.2) is 96.7 Å². The zero-order valence-electron chi connectivity index (χ0n) is 63.5. The minimum absolute atomic E-state index is 0.105. The van der Waals surface area contributed by atoms with Crippen LogP contribution in [-0.2, 0) is 65.4 Å². The molecular weight excluding hydrogens is 1270 g/mol. The van der Waals surface area contributed by atoms with Crippen LogP contribution in [0.1, 0.15) is 402 Å². The fraction of sp³-hybridized carbons (Fsp3) is 0.949. The summed E-state index contributed by atoms with van der Waals surface area (Å²) in [5.41, 5.74) is 0. The molecule has 0 amide bonds. The van der Waals surface area contributed by atoms with Crippen molar-refractivity contribution in [2.75, 3.05) is 39.6 Å². The fourth-order valence-corrected chi connectivity index (χ4v) is 13.5. The van der Waals surface area contributed by atoms with Crippen LogP contribution in [0.25, 0.3) is 0 Å². The average molecular weight is 1420 g/mol. The Bertz CT molecular complexity index is 1890. The zero-order valence-corrected chi connectivity index (χ0v) is 65.3. The lowest BCUT2D eigenvalue weighted by Gasteiger charge is -2.21. The molecule has 0 aromatic heterocycles. The van der Waals surface area contributed by atoms with Crippen molar-refractivity contribution in [1.82, 2.24) is 0 Å². The van der Waals surface area contributed by atoms with Crippen molar-refractivity contribution in [1.29, 1.82) is 0 Å². The molecule has 19 heteroatoms. The molecule has 3 N–H and O–H groups in total. The standard InChI is InChI=1S/C78H152O17P2/c1-8-10-11-12-13-14-15-16-17-21-24-30-38-45-52-59-75(80)88-65-73(94-77(82)61-54-47-40-31-25-22-19-18-20-23-29-37-44-51-58-71(7)9-2)67-92-96(84,85)90-63-72(79)64-91-97(86,87)93-68-74(66-89-76(81)60-53-46-39-34-33-36-43-50-57-70(5)6)95-78(83)62-55-48-41-32-27-26-28-35-42-49-56-69(3)4/h69-74,79H,8-68H2,1-7H3,(H,84,85)(H,86,87)/t71?,72-,73-,74-/m1/s1. The highest BCUT2D eigenvalue weighted by Gasteiger charge is 2.30. The number of phosphoric ester groups is 2. The normalized spacial score (nSPS) is 14.3. The monoisotopic (exact) mass is 1420 g/mol. The second kappa shape index (κ2) is 68.5. The van der Waals surface area contributed by atoms with Gasteiger partial charge in [-0.05, 0) is 43.4 Å². The van der Waals surface area contributed by atoms with Gasteiger partial charge in [0.05, 0.1) is 26.4 Å².